The first-order valence-corrected chi connectivity index (χ1v) is 13.3. The second-order valence-electron chi connectivity index (χ2n) is 9.49. The summed E-state index contributed by atoms with van der Waals surface area (Å²) < 4.78 is 26.9. The van der Waals surface area contributed by atoms with Crippen molar-refractivity contribution in [1.82, 2.24) is 15.5 Å². The number of ether oxygens (including phenoxy) is 5. The minimum Gasteiger partial charge on any atom is -0.497 e. The average molecular weight is 574 g/mol. The van der Waals surface area contributed by atoms with Crippen LogP contribution in [0.15, 0.2) is 78.0 Å². The number of urea groups is 1. The minimum atomic E-state index is -0.817. The lowest BCUT2D eigenvalue weighted by Crippen LogP contribution is -2.49. The number of carbonyl (C=O) groups excluding carboxylic acids is 3. The van der Waals surface area contributed by atoms with Gasteiger partial charge in [-0.25, -0.2) is 9.59 Å². The van der Waals surface area contributed by atoms with Crippen molar-refractivity contribution < 1.29 is 38.1 Å². The Kier molecular flexibility index (Phi) is 8.47. The minimum absolute atomic E-state index is 0.0898. The van der Waals surface area contributed by atoms with Crippen molar-refractivity contribution in [3.63, 3.8) is 0 Å². The zero-order valence-corrected chi connectivity index (χ0v) is 23.5. The van der Waals surface area contributed by atoms with Crippen LogP contribution in [0, 0.1) is 0 Å². The van der Waals surface area contributed by atoms with Gasteiger partial charge in [-0.1, -0.05) is 18.2 Å². The highest BCUT2D eigenvalue weighted by atomic mass is 16.7. The molecular weight excluding hydrogens is 542 g/mol. The van der Waals surface area contributed by atoms with Gasteiger partial charge in [0.25, 0.3) is 5.91 Å². The number of hydrogen-bond donors (Lipinski definition) is 2. The highest BCUT2D eigenvalue weighted by molar-refractivity contribution is 5.97. The fourth-order valence-corrected chi connectivity index (χ4v) is 4.81. The van der Waals surface area contributed by atoms with Crippen molar-refractivity contribution in [3.8, 4) is 23.0 Å². The normalized spacial score (nSPS) is 15.4. The number of benzene rings is 3. The zero-order valence-electron chi connectivity index (χ0n) is 23.5. The molecule has 0 aromatic heterocycles. The van der Waals surface area contributed by atoms with Crippen molar-refractivity contribution in [2.45, 2.75) is 19.5 Å². The Morgan fingerprint density at radius 1 is 0.905 bits per heavy atom. The Bertz CT molecular complexity index is 1500. The molecule has 0 saturated carbocycles. The third-order valence-electron chi connectivity index (χ3n) is 6.88. The van der Waals surface area contributed by atoms with Crippen LogP contribution in [0.4, 0.5) is 4.79 Å². The standard InChI is InChI=1S/C31H31N3O8/c1-4-40-30(36)27-24(32-31(37)33-28(27)20-6-10-22(38-2)11-7-20)17-34(29(35)21-8-12-23(39-3)13-9-21)16-19-5-14-25-26(15-19)42-18-41-25/h5-15,28H,4,16-18H2,1-3H3,(H2,32,33,37)/t28-/m0/s1. The van der Waals surface area contributed by atoms with Crippen LogP contribution in [0.3, 0.4) is 0 Å². The van der Waals surface area contributed by atoms with Crippen molar-refractivity contribution in [2.75, 3.05) is 34.2 Å². The maximum atomic E-state index is 13.9. The molecule has 0 spiro atoms. The number of esters is 1. The van der Waals surface area contributed by atoms with Gasteiger partial charge in [-0.05, 0) is 66.6 Å². The molecule has 0 saturated heterocycles. The average Bonchev–Trinajstić information content (AvgIpc) is 3.48. The second kappa shape index (κ2) is 12.5. The first kappa shape index (κ1) is 28.3. The number of amides is 3. The van der Waals surface area contributed by atoms with E-state index in [-0.39, 0.29) is 43.7 Å². The van der Waals surface area contributed by atoms with E-state index in [1.54, 1.807) is 86.7 Å². The van der Waals surface area contributed by atoms with E-state index in [2.05, 4.69) is 10.6 Å². The van der Waals surface area contributed by atoms with Crippen molar-refractivity contribution >= 4 is 17.9 Å². The van der Waals surface area contributed by atoms with E-state index in [0.29, 0.717) is 34.1 Å². The van der Waals surface area contributed by atoms with Gasteiger partial charge in [0.15, 0.2) is 11.5 Å². The Balaban J connectivity index is 1.55. The highest BCUT2D eigenvalue weighted by Crippen LogP contribution is 2.34. The number of carbonyl (C=O) groups is 3. The number of rotatable bonds is 10. The molecule has 2 N–H and O–H groups in total. The van der Waals surface area contributed by atoms with Gasteiger partial charge in [-0.3, -0.25) is 4.79 Å². The summed E-state index contributed by atoms with van der Waals surface area (Å²) in [6, 6.07) is 17.8. The molecule has 11 heteroatoms. The second-order valence-corrected chi connectivity index (χ2v) is 9.49. The first-order valence-electron chi connectivity index (χ1n) is 13.3. The lowest BCUT2D eigenvalue weighted by Gasteiger charge is -2.32. The molecule has 3 amide bonds. The molecule has 2 aliphatic rings. The summed E-state index contributed by atoms with van der Waals surface area (Å²) in [5, 5.41) is 5.57. The molecule has 3 aromatic carbocycles. The summed E-state index contributed by atoms with van der Waals surface area (Å²) in [4.78, 5) is 41.7. The van der Waals surface area contributed by atoms with Gasteiger partial charge in [0.1, 0.15) is 11.5 Å². The third kappa shape index (κ3) is 6.09. The molecule has 0 fully saturated rings. The van der Waals surface area contributed by atoms with E-state index in [1.807, 2.05) is 6.07 Å². The van der Waals surface area contributed by atoms with Gasteiger partial charge in [0.2, 0.25) is 6.79 Å². The monoisotopic (exact) mass is 573 g/mol. The molecule has 0 aliphatic carbocycles. The van der Waals surface area contributed by atoms with Gasteiger partial charge in [0.05, 0.1) is 44.7 Å². The quantitative estimate of drug-likeness (QED) is 0.350. The van der Waals surface area contributed by atoms with Crippen LogP contribution < -0.4 is 29.6 Å². The van der Waals surface area contributed by atoms with Crippen molar-refractivity contribution in [3.05, 3.63) is 94.7 Å². The topological polar surface area (TPSA) is 125 Å². The van der Waals surface area contributed by atoms with Crippen LogP contribution in [0.5, 0.6) is 23.0 Å². The van der Waals surface area contributed by atoms with E-state index in [0.717, 1.165) is 5.56 Å². The molecule has 42 heavy (non-hydrogen) atoms. The van der Waals surface area contributed by atoms with Gasteiger partial charge in [0, 0.05) is 12.1 Å². The highest BCUT2D eigenvalue weighted by Gasteiger charge is 2.35. The molecule has 5 rings (SSSR count). The number of hydrogen-bond acceptors (Lipinski definition) is 8. The van der Waals surface area contributed by atoms with Crippen LogP contribution in [-0.2, 0) is 16.1 Å². The van der Waals surface area contributed by atoms with Crippen molar-refractivity contribution in [1.29, 1.82) is 0 Å². The van der Waals surface area contributed by atoms with E-state index in [1.165, 1.54) is 0 Å². The molecule has 11 nitrogen and oxygen atoms in total. The summed E-state index contributed by atoms with van der Waals surface area (Å²) in [5.41, 5.74) is 2.27. The molecular formula is C31H31N3O8. The zero-order chi connectivity index (χ0) is 29.6. The van der Waals surface area contributed by atoms with E-state index < -0.39 is 18.0 Å². The summed E-state index contributed by atoms with van der Waals surface area (Å²) >= 11 is 0. The summed E-state index contributed by atoms with van der Waals surface area (Å²) in [6.45, 7) is 2.01. The Hall–Kier alpha value is -5.19. The summed E-state index contributed by atoms with van der Waals surface area (Å²) in [7, 11) is 3.10. The number of methoxy groups -OCH3 is 2. The molecule has 2 heterocycles. The molecule has 3 aromatic rings. The van der Waals surface area contributed by atoms with E-state index in [4.69, 9.17) is 23.7 Å². The summed E-state index contributed by atoms with van der Waals surface area (Å²) in [5.74, 6) is 1.49. The smallest absolute Gasteiger partial charge is 0.338 e. The van der Waals surface area contributed by atoms with Gasteiger partial charge >= 0.3 is 12.0 Å². The van der Waals surface area contributed by atoms with Gasteiger partial charge < -0.3 is 39.2 Å². The number of nitrogens with one attached hydrogen (secondary N) is 2. The van der Waals surface area contributed by atoms with Crippen LogP contribution in [-0.4, -0.2) is 57.0 Å². The molecule has 218 valence electrons. The fraction of sp³-hybridized carbons (Fsp3) is 0.258. The molecule has 1 atom stereocenters. The lowest BCUT2D eigenvalue weighted by molar-refractivity contribution is -0.139. The molecule has 0 radical (unpaired) electrons. The third-order valence-corrected chi connectivity index (χ3v) is 6.88. The number of fused-ring (bicyclic) bond motifs is 1. The van der Waals surface area contributed by atoms with Crippen LogP contribution in [0.1, 0.15) is 34.5 Å². The van der Waals surface area contributed by atoms with E-state index in [9.17, 15) is 14.4 Å². The maximum Gasteiger partial charge on any atom is 0.338 e. The Morgan fingerprint density at radius 3 is 2.24 bits per heavy atom. The van der Waals surface area contributed by atoms with Crippen LogP contribution >= 0.6 is 0 Å². The van der Waals surface area contributed by atoms with Crippen molar-refractivity contribution in [2.24, 2.45) is 0 Å². The van der Waals surface area contributed by atoms with Crippen LogP contribution in [0.2, 0.25) is 0 Å². The van der Waals surface area contributed by atoms with Crippen LogP contribution in [0.25, 0.3) is 0 Å². The lowest BCUT2D eigenvalue weighted by atomic mass is 9.94. The molecule has 0 bridgehead atoms. The largest absolute Gasteiger partial charge is 0.497 e. The Morgan fingerprint density at radius 2 is 1.57 bits per heavy atom. The SMILES string of the molecule is CCOC(=O)C1=C(CN(Cc2ccc3c(c2)OCO3)C(=O)c2ccc(OC)cc2)NC(=O)N[C@H]1c1ccc(OC)cc1. The maximum absolute atomic E-state index is 13.9. The molecule has 0 unspecified atom stereocenters. The predicted molar refractivity (Wildman–Crippen MR) is 151 cm³/mol. The van der Waals surface area contributed by atoms with Gasteiger partial charge in [-0.15, -0.1) is 0 Å². The summed E-state index contributed by atoms with van der Waals surface area (Å²) in [6.07, 6.45) is 0. The van der Waals surface area contributed by atoms with E-state index >= 15 is 0 Å². The fourth-order valence-electron chi connectivity index (χ4n) is 4.81. The first-order chi connectivity index (χ1) is 20.4. The van der Waals surface area contributed by atoms with Gasteiger partial charge in [-0.2, -0.15) is 0 Å². The molecule has 2 aliphatic heterocycles. The number of nitrogens with zero attached hydrogens (tertiary/aromatic N) is 1. The Labute approximate surface area is 243 Å². The predicted octanol–water partition coefficient (Wildman–Crippen LogP) is 3.95.